The largest absolute Gasteiger partial charge is 0.480 e. The highest BCUT2D eigenvalue weighted by atomic mass is 16.4. The fourth-order valence-electron chi connectivity index (χ4n) is 1.89. The summed E-state index contributed by atoms with van der Waals surface area (Å²) in [5.74, 6) is -2.99. The van der Waals surface area contributed by atoms with Crippen molar-refractivity contribution in [1.82, 2.24) is 10.6 Å². The molecule has 3 unspecified atom stereocenters. The van der Waals surface area contributed by atoms with E-state index in [1.807, 2.05) is 0 Å². The Bertz CT molecular complexity index is 492. The second-order valence-corrected chi connectivity index (χ2v) is 5.87. The van der Waals surface area contributed by atoms with E-state index in [-0.39, 0.29) is 11.9 Å². The number of aliphatic carboxylic acids is 1. The lowest BCUT2D eigenvalue weighted by Gasteiger charge is -2.24. The normalized spacial score (nSPS) is 14.3. The van der Waals surface area contributed by atoms with E-state index in [0.29, 0.717) is 19.4 Å². The predicted octanol–water partition coefficient (Wildman–Crippen LogP) is -2.93. The van der Waals surface area contributed by atoms with Gasteiger partial charge in [0.1, 0.15) is 12.1 Å². The lowest BCUT2D eigenvalue weighted by atomic mass is 10.0. The zero-order valence-electron chi connectivity index (χ0n) is 14.4. The molecule has 0 aliphatic carbocycles. The molecule has 0 rings (SSSR count). The number of nitrogens with one attached hydrogen (secondary N) is 2. The van der Waals surface area contributed by atoms with Crippen LogP contribution in [0, 0.1) is 5.92 Å². The number of aliphatic imine (C=N–C) groups is 1. The lowest BCUT2D eigenvalue weighted by molar-refractivity contribution is -0.143. The Labute approximate surface area is 146 Å². The molecule has 25 heavy (non-hydrogen) atoms. The second kappa shape index (κ2) is 11.2. The van der Waals surface area contributed by atoms with Gasteiger partial charge in [0, 0.05) is 6.54 Å². The maximum Gasteiger partial charge on any atom is 0.328 e. The van der Waals surface area contributed by atoms with Gasteiger partial charge in [0.25, 0.3) is 0 Å². The number of amides is 2. The third-order valence-electron chi connectivity index (χ3n) is 3.35. The molecule has 0 aliphatic rings. The van der Waals surface area contributed by atoms with Crippen LogP contribution in [0.2, 0.25) is 0 Å². The number of hydrogen-bond acceptors (Lipinski definition) is 6. The maximum absolute atomic E-state index is 12.2. The van der Waals surface area contributed by atoms with Crippen molar-refractivity contribution in [3.05, 3.63) is 0 Å². The highest BCUT2D eigenvalue weighted by Crippen LogP contribution is 2.04. The van der Waals surface area contributed by atoms with Gasteiger partial charge in [0.15, 0.2) is 5.96 Å². The molecule has 0 fully saturated rings. The molecule has 11 heteroatoms. The smallest absolute Gasteiger partial charge is 0.328 e. The van der Waals surface area contributed by atoms with E-state index in [1.165, 1.54) is 0 Å². The number of rotatable bonds is 11. The third kappa shape index (κ3) is 8.86. The van der Waals surface area contributed by atoms with Crippen molar-refractivity contribution in [1.29, 1.82) is 0 Å². The quantitative estimate of drug-likeness (QED) is 0.115. The predicted molar refractivity (Wildman–Crippen MR) is 91.3 cm³/mol. The molecule has 2 amide bonds. The minimum Gasteiger partial charge on any atom is -0.480 e. The van der Waals surface area contributed by atoms with Gasteiger partial charge in [-0.25, -0.2) is 4.79 Å². The Morgan fingerprint density at radius 2 is 1.72 bits per heavy atom. The van der Waals surface area contributed by atoms with Crippen molar-refractivity contribution in [2.75, 3.05) is 13.2 Å². The van der Waals surface area contributed by atoms with Crippen LogP contribution in [0.5, 0.6) is 0 Å². The van der Waals surface area contributed by atoms with Crippen molar-refractivity contribution >= 4 is 23.7 Å². The second-order valence-electron chi connectivity index (χ2n) is 5.87. The van der Waals surface area contributed by atoms with Crippen LogP contribution in [-0.4, -0.2) is 65.2 Å². The molecule has 0 spiro atoms. The highest BCUT2D eigenvalue weighted by molar-refractivity contribution is 5.91. The first kappa shape index (κ1) is 22.6. The van der Waals surface area contributed by atoms with Gasteiger partial charge in [-0.15, -0.1) is 0 Å². The maximum atomic E-state index is 12.2. The third-order valence-corrected chi connectivity index (χ3v) is 3.35. The number of nitrogens with two attached hydrogens (primary N) is 3. The van der Waals surface area contributed by atoms with Crippen LogP contribution in [0.25, 0.3) is 0 Å². The number of carboxylic acids is 1. The molecule has 0 saturated carbocycles. The van der Waals surface area contributed by atoms with Gasteiger partial charge in [-0.1, -0.05) is 13.8 Å². The SMILES string of the molecule is CC(C)C(NC(=O)C(N)CCCN=C(N)N)C(=O)NC(CO)C(=O)O. The fraction of sp³-hybridized carbons (Fsp3) is 0.714. The highest BCUT2D eigenvalue weighted by Gasteiger charge is 2.29. The van der Waals surface area contributed by atoms with Crippen molar-refractivity contribution in [3.63, 3.8) is 0 Å². The number of guanidine groups is 1. The van der Waals surface area contributed by atoms with E-state index in [9.17, 15) is 14.4 Å². The molecule has 3 atom stereocenters. The van der Waals surface area contributed by atoms with Crippen LogP contribution in [0.1, 0.15) is 26.7 Å². The molecule has 0 aromatic rings. The van der Waals surface area contributed by atoms with Gasteiger partial charge < -0.3 is 38.0 Å². The van der Waals surface area contributed by atoms with Gasteiger partial charge >= 0.3 is 5.97 Å². The minimum absolute atomic E-state index is 0.0496. The molecule has 0 aromatic heterocycles. The summed E-state index contributed by atoms with van der Waals surface area (Å²) in [5, 5.41) is 22.5. The molecule has 11 nitrogen and oxygen atoms in total. The van der Waals surface area contributed by atoms with Crippen molar-refractivity contribution in [2.24, 2.45) is 28.1 Å². The molecular formula is C14H28N6O5. The average molecular weight is 360 g/mol. The summed E-state index contributed by atoms with van der Waals surface area (Å²) in [6.45, 7) is 2.94. The fourth-order valence-corrected chi connectivity index (χ4v) is 1.89. The first-order chi connectivity index (χ1) is 11.6. The van der Waals surface area contributed by atoms with Crippen LogP contribution in [0.4, 0.5) is 0 Å². The molecule has 0 aromatic carbocycles. The molecule has 0 radical (unpaired) electrons. The van der Waals surface area contributed by atoms with Gasteiger partial charge in [-0.3, -0.25) is 14.6 Å². The average Bonchev–Trinajstić information content (AvgIpc) is 2.52. The number of carbonyl (C=O) groups excluding carboxylic acids is 2. The number of nitrogens with zero attached hydrogens (tertiary/aromatic N) is 1. The number of hydrogen-bond donors (Lipinski definition) is 7. The summed E-state index contributed by atoms with van der Waals surface area (Å²) in [6.07, 6.45) is 0.792. The number of carbonyl (C=O) groups is 3. The summed E-state index contributed by atoms with van der Waals surface area (Å²) in [4.78, 5) is 38.9. The van der Waals surface area contributed by atoms with E-state index >= 15 is 0 Å². The monoisotopic (exact) mass is 360 g/mol. The van der Waals surface area contributed by atoms with E-state index in [4.69, 9.17) is 27.4 Å². The van der Waals surface area contributed by atoms with Crippen LogP contribution < -0.4 is 27.8 Å². The lowest BCUT2D eigenvalue weighted by Crippen LogP contribution is -2.56. The Kier molecular flexibility index (Phi) is 10.1. The molecule has 0 saturated heterocycles. The van der Waals surface area contributed by atoms with Gasteiger partial charge in [-0.05, 0) is 18.8 Å². The number of carboxylic acid groups (broad SMARTS) is 1. The van der Waals surface area contributed by atoms with Crippen molar-refractivity contribution in [2.45, 2.75) is 44.8 Å². The summed E-state index contributed by atoms with van der Waals surface area (Å²) in [6, 6.07) is -3.29. The first-order valence-electron chi connectivity index (χ1n) is 7.85. The Balaban J connectivity index is 4.68. The van der Waals surface area contributed by atoms with Crippen molar-refractivity contribution in [3.8, 4) is 0 Å². The van der Waals surface area contributed by atoms with Gasteiger partial charge in [0.2, 0.25) is 11.8 Å². The molecule has 0 heterocycles. The van der Waals surface area contributed by atoms with Crippen LogP contribution in [0.3, 0.4) is 0 Å². The van der Waals surface area contributed by atoms with Crippen molar-refractivity contribution < 1.29 is 24.6 Å². The molecule has 0 aliphatic heterocycles. The van der Waals surface area contributed by atoms with E-state index in [1.54, 1.807) is 13.8 Å². The van der Waals surface area contributed by atoms with E-state index in [0.717, 1.165) is 0 Å². The van der Waals surface area contributed by atoms with Crippen LogP contribution in [0.15, 0.2) is 4.99 Å². The Morgan fingerprint density at radius 3 is 2.16 bits per heavy atom. The van der Waals surface area contributed by atoms with E-state index < -0.39 is 42.5 Å². The zero-order valence-corrected chi connectivity index (χ0v) is 14.4. The topological polar surface area (TPSA) is 206 Å². The van der Waals surface area contributed by atoms with E-state index in [2.05, 4.69) is 15.6 Å². The summed E-state index contributed by atoms with van der Waals surface area (Å²) in [7, 11) is 0. The Morgan fingerprint density at radius 1 is 1.12 bits per heavy atom. The molecule has 144 valence electrons. The van der Waals surface area contributed by atoms with Crippen LogP contribution >= 0.6 is 0 Å². The summed E-state index contributed by atoms with van der Waals surface area (Å²) < 4.78 is 0. The zero-order chi connectivity index (χ0) is 19.6. The molecular weight excluding hydrogens is 332 g/mol. The Hall–Kier alpha value is -2.40. The molecule has 0 bridgehead atoms. The summed E-state index contributed by atoms with van der Waals surface area (Å²) in [5.41, 5.74) is 16.1. The number of aliphatic hydroxyl groups excluding tert-OH is 1. The molecule has 10 N–H and O–H groups in total. The van der Waals surface area contributed by atoms with Gasteiger partial charge in [0.05, 0.1) is 12.6 Å². The first-order valence-corrected chi connectivity index (χ1v) is 7.85. The standard InChI is InChI=1S/C14H28N6O5/c1-7(2)10(12(23)19-9(6-21)13(24)25)20-11(22)8(15)4-3-5-18-14(16)17/h7-10,21H,3-6,15H2,1-2H3,(H,19,23)(H,20,22)(H,24,25)(H4,16,17,18). The van der Waals surface area contributed by atoms with Crippen LogP contribution in [-0.2, 0) is 14.4 Å². The van der Waals surface area contributed by atoms with Gasteiger partial charge in [-0.2, -0.15) is 0 Å². The summed E-state index contributed by atoms with van der Waals surface area (Å²) >= 11 is 0. The minimum atomic E-state index is -1.45. The number of aliphatic hydroxyl groups is 1.